The molecule has 5 heteroatoms. The van der Waals surface area contributed by atoms with E-state index in [2.05, 4.69) is 32.7 Å². The van der Waals surface area contributed by atoms with Gasteiger partial charge in [0, 0.05) is 19.4 Å². The zero-order chi connectivity index (χ0) is 14.8. The third kappa shape index (κ3) is 3.26. The fraction of sp³-hybridized carbons (Fsp3) is 0.800. The Kier molecular flexibility index (Phi) is 4.60. The first-order valence-electron chi connectivity index (χ1n) is 7.56. The highest BCUT2D eigenvalue weighted by Crippen LogP contribution is 2.46. The summed E-state index contributed by atoms with van der Waals surface area (Å²) in [5.74, 6) is 0. The van der Waals surface area contributed by atoms with Gasteiger partial charge >= 0.3 is 6.92 Å². The second-order valence-electron chi connectivity index (χ2n) is 6.99. The van der Waals surface area contributed by atoms with Gasteiger partial charge in [-0.05, 0) is 50.1 Å². The van der Waals surface area contributed by atoms with Crippen LogP contribution in [0.4, 0.5) is 0 Å². The predicted octanol–water partition coefficient (Wildman–Crippen LogP) is 2.44. The summed E-state index contributed by atoms with van der Waals surface area (Å²) in [4.78, 5) is 4.66. The number of allylic oxidation sites excluding steroid dienone is 1. The van der Waals surface area contributed by atoms with Gasteiger partial charge in [-0.15, -0.1) is 0 Å². The molecule has 4 nitrogen and oxygen atoms in total. The van der Waals surface area contributed by atoms with Crippen molar-refractivity contribution in [2.45, 2.75) is 58.5 Å². The number of aliphatic imine (C=N–C) groups is 1. The van der Waals surface area contributed by atoms with E-state index in [1.807, 2.05) is 6.21 Å². The van der Waals surface area contributed by atoms with Gasteiger partial charge in [0.2, 0.25) is 0 Å². The lowest BCUT2D eigenvalue weighted by Crippen LogP contribution is -2.34. The molecule has 0 saturated carbocycles. The van der Waals surface area contributed by atoms with E-state index in [0.717, 1.165) is 37.8 Å². The van der Waals surface area contributed by atoms with Crippen LogP contribution in [0.2, 0.25) is 6.32 Å². The van der Waals surface area contributed by atoms with Crippen LogP contribution in [0.5, 0.6) is 0 Å². The topological polar surface area (TPSA) is 56.8 Å². The highest BCUT2D eigenvalue weighted by molar-refractivity contribution is 6.66. The summed E-state index contributed by atoms with van der Waals surface area (Å²) in [6.45, 7) is 10.5. The molecule has 0 amide bonds. The molecular formula is C15H27BN2O2. The summed E-state index contributed by atoms with van der Waals surface area (Å²) in [6.07, 6.45) is 6.53. The average molecular weight is 278 g/mol. The molecule has 112 valence electrons. The molecule has 2 heterocycles. The third-order valence-electron chi connectivity index (χ3n) is 4.95. The van der Waals surface area contributed by atoms with Crippen LogP contribution in [-0.4, -0.2) is 38.0 Å². The van der Waals surface area contributed by atoms with Crippen molar-refractivity contribution in [3.8, 4) is 0 Å². The minimum Gasteiger partial charge on any atom is -0.425 e. The first-order valence-corrected chi connectivity index (χ1v) is 7.56. The molecule has 0 radical (unpaired) electrons. The monoisotopic (exact) mass is 278 g/mol. The van der Waals surface area contributed by atoms with Crippen LogP contribution in [0.25, 0.3) is 0 Å². The third-order valence-corrected chi connectivity index (χ3v) is 4.95. The molecule has 2 fully saturated rings. The molecule has 20 heavy (non-hydrogen) atoms. The van der Waals surface area contributed by atoms with E-state index >= 15 is 0 Å². The van der Waals surface area contributed by atoms with E-state index in [1.165, 1.54) is 0 Å². The largest absolute Gasteiger partial charge is 0.425 e. The van der Waals surface area contributed by atoms with Crippen LogP contribution >= 0.6 is 0 Å². The van der Waals surface area contributed by atoms with E-state index in [4.69, 9.17) is 15.1 Å². The lowest BCUT2D eigenvalue weighted by molar-refractivity contribution is 0.0372. The van der Waals surface area contributed by atoms with Crippen molar-refractivity contribution in [1.82, 2.24) is 0 Å². The Hall–Kier alpha value is -0.805. The molecule has 0 spiro atoms. The summed E-state index contributed by atoms with van der Waals surface area (Å²) in [5.41, 5.74) is 6.78. The van der Waals surface area contributed by atoms with Gasteiger partial charge in [-0.3, -0.25) is 4.99 Å². The summed E-state index contributed by atoms with van der Waals surface area (Å²) in [7, 11) is 0. The minimum atomic E-state index is -0.140. The molecule has 0 aromatic carbocycles. The maximum absolute atomic E-state index is 6.19. The van der Waals surface area contributed by atoms with Crippen molar-refractivity contribution in [1.29, 1.82) is 0 Å². The van der Waals surface area contributed by atoms with Crippen molar-refractivity contribution in [3.63, 3.8) is 0 Å². The van der Waals surface area contributed by atoms with Crippen molar-refractivity contribution in [2.75, 3.05) is 13.2 Å². The summed E-state index contributed by atoms with van der Waals surface area (Å²) in [5, 5.41) is 0. The fourth-order valence-electron chi connectivity index (χ4n) is 2.71. The maximum Gasteiger partial charge on any atom is 0.330 e. The highest BCUT2D eigenvalue weighted by atomic mass is 16.5. The van der Waals surface area contributed by atoms with Crippen LogP contribution in [0.1, 0.15) is 40.5 Å². The number of nitrogens with zero attached hydrogens (tertiary/aromatic N) is 1. The average Bonchev–Trinajstić information content (AvgIpc) is 2.60. The highest BCUT2D eigenvalue weighted by Gasteiger charge is 2.50. The SMILES string of the molecule is CC1(C)CB(C(C=NC2CCOCC2)=CN)OC1(C)C. The molecule has 0 unspecified atom stereocenters. The van der Waals surface area contributed by atoms with Crippen molar-refractivity contribution >= 4 is 13.1 Å². The van der Waals surface area contributed by atoms with E-state index in [1.54, 1.807) is 6.20 Å². The molecule has 0 atom stereocenters. The molecule has 0 aromatic heterocycles. The van der Waals surface area contributed by atoms with Crippen molar-refractivity contribution < 1.29 is 9.39 Å². The molecular weight excluding hydrogens is 251 g/mol. The van der Waals surface area contributed by atoms with E-state index in [0.29, 0.717) is 6.04 Å². The number of nitrogens with two attached hydrogens (primary N) is 1. The van der Waals surface area contributed by atoms with Gasteiger partial charge in [0.05, 0.1) is 11.6 Å². The molecule has 0 aliphatic carbocycles. The van der Waals surface area contributed by atoms with Gasteiger partial charge in [-0.1, -0.05) is 13.8 Å². The van der Waals surface area contributed by atoms with Gasteiger partial charge in [0.15, 0.2) is 0 Å². The molecule has 2 aliphatic rings. The Morgan fingerprint density at radius 1 is 1.25 bits per heavy atom. The van der Waals surface area contributed by atoms with Gasteiger partial charge in [0.1, 0.15) is 0 Å². The van der Waals surface area contributed by atoms with Crippen LogP contribution in [0.3, 0.4) is 0 Å². The van der Waals surface area contributed by atoms with Crippen LogP contribution in [-0.2, 0) is 9.39 Å². The zero-order valence-electron chi connectivity index (χ0n) is 13.2. The molecule has 0 bridgehead atoms. The molecule has 2 saturated heterocycles. The first kappa shape index (κ1) is 15.6. The predicted molar refractivity (Wildman–Crippen MR) is 84.1 cm³/mol. The lowest BCUT2D eigenvalue weighted by Gasteiger charge is -2.34. The summed E-state index contributed by atoms with van der Waals surface area (Å²) < 4.78 is 11.5. The number of rotatable bonds is 3. The number of ether oxygens (including phenoxy) is 1. The normalized spacial score (nSPS) is 27.4. The second kappa shape index (κ2) is 5.90. The molecule has 2 aliphatic heterocycles. The Labute approximate surface area is 122 Å². The smallest absolute Gasteiger partial charge is 0.330 e. The molecule has 0 aromatic rings. The van der Waals surface area contributed by atoms with Crippen LogP contribution in [0.15, 0.2) is 16.7 Å². The van der Waals surface area contributed by atoms with Gasteiger partial charge in [0.25, 0.3) is 0 Å². The quantitative estimate of drug-likeness (QED) is 0.637. The molecule has 2 rings (SSSR count). The second-order valence-corrected chi connectivity index (χ2v) is 6.99. The lowest BCUT2D eigenvalue weighted by atomic mass is 9.54. The number of hydrogen-bond acceptors (Lipinski definition) is 4. The van der Waals surface area contributed by atoms with Crippen molar-refractivity contribution in [3.05, 3.63) is 11.7 Å². The van der Waals surface area contributed by atoms with Crippen LogP contribution < -0.4 is 5.73 Å². The number of hydrogen-bond donors (Lipinski definition) is 1. The zero-order valence-corrected chi connectivity index (χ0v) is 13.2. The van der Waals surface area contributed by atoms with Gasteiger partial charge < -0.3 is 15.1 Å². The van der Waals surface area contributed by atoms with Crippen molar-refractivity contribution in [2.24, 2.45) is 16.1 Å². The van der Waals surface area contributed by atoms with E-state index < -0.39 is 0 Å². The minimum absolute atomic E-state index is 0.0496. The molecule has 2 N–H and O–H groups in total. The van der Waals surface area contributed by atoms with Crippen LogP contribution in [0, 0.1) is 5.41 Å². The van der Waals surface area contributed by atoms with E-state index in [9.17, 15) is 0 Å². The standard InChI is InChI=1S/C15H27BN2O2/c1-14(2)11-16(20-15(14,3)4)12(9-17)10-18-13-5-7-19-8-6-13/h9-10,13H,5-8,11,17H2,1-4H3. The Balaban J connectivity index is 2.01. The fourth-order valence-corrected chi connectivity index (χ4v) is 2.71. The Bertz CT molecular complexity index is 383. The first-order chi connectivity index (χ1) is 9.36. The summed E-state index contributed by atoms with van der Waals surface area (Å²) >= 11 is 0. The maximum atomic E-state index is 6.19. The van der Waals surface area contributed by atoms with Gasteiger partial charge in [-0.25, -0.2) is 0 Å². The Morgan fingerprint density at radius 3 is 2.40 bits per heavy atom. The Morgan fingerprint density at radius 2 is 1.90 bits per heavy atom. The van der Waals surface area contributed by atoms with Gasteiger partial charge in [-0.2, -0.15) is 0 Å². The summed E-state index contributed by atoms with van der Waals surface area (Å²) in [6, 6.07) is 0.362. The van der Waals surface area contributed by atoms with E-state index in [-0.39, 0.29) is 17.9 Å².